The monoisotopic (exact) mass is 395 g/mol. The maximum Gasteiger partial charge on any atom is 0.373 e. The van der Waals surface area contributed by atoms with Crippen LogP contribution in [0.5, 0.6) is 0 Å². The third-order valence-corrected chi connectivity index (χ3v) is 8.90. The first-order chi connectivity index (χ1) is 14.0. The lowest BCUT2D eigenvalue weighted by molar-refractivity contribution is -0.191. The molecule has 1 aromatic rings. The summed E-state index contributed by atoms with van der Waals surface area (Å²) in [6.07, 6.45) is 18.0. The predicted molar refractivity (Wildman–Crippen MR) is 116 cm³/mol. The van der Waals surface area contributed by atoms with Crippen molar-refractivity contribution in [3.05, 3.63) is 36.2 Å². The summed E-state index contributed by atoms with van der Waals surface area (Å²) in [7, 11) is 0. The van der Waals surface area contributed by atoms with Gasteiger partial charge in [-0.25, -0.2) is 0 Å². The van der Waals surface area contributed by atoms with Crippen molar-refractivity contribution in [2.45, 2.75) is 79.1 Å². The van der Waals surface area contributed by atoms with Crippen molar-refractivity contribution >= 4 is 11.7 Å². The van der Waals surface area contributed by atoms with Crippen molar-refractivity contribution in [3.8, 4) is 0 Å². The summed E-state index contributed by atoms with van der Waals surface area (Å²) in [4.78, 5) is 20.7. The van der Waals surface area contributed by atoms with Crippen LogP contribution in [0.4, 0.5) is 0 Å². The highest BCUT2D eigenvalue weighted by molar-refractivity contribution is 5.72. The molecule has 2 saturated carbocycles. The first-order valence-electron chi connectivity index (χ1n) is 11.6. The van der Waals surface area contributed by atoms with Crippen LogP contribution in [0, 0.1) is 34.5 Å². The van der Waals surface area contributed by atoms with Gasteiger partial charge in [0.25, 0.3) is 0 Å². The van der Waals surface area contributed by atoms with Gasteiger partial charge in [-0.3, -0.25) is 4.98 Å². The molecule has 0 bridgehead atoms. The van der Waals surface area contributed by atoms with E-state index in [1.54, 1.807) is 5.57 Å². The Hall–Kier alpha value is -1.73. The summed E-state index contributed by atoms with van der Waals surface area (Å²) in [5.41, 5.74) is 3.92. The molecule has 3 aliphatic carbocycles. The molecule has 3 nitrogen and oxygen atoms in total. The summed E-state index contributed by atoms with van der Waals surface area (Å²) in [5, 5.41) is 0. The number of allylic oxidation sites excluding steroid dienone is 2. The molecule has 29 heavy (non-hydrogen) atoms. The zero-order valence-corrected chi connectivity index (χ0v) is 18.6. The zero-order valence-electron chi connectivity index (χ0n) is 18.6. The van der Waals surface area contributed by atoms with Gasteiger partial charge < -0.3 is 0 Å². The number of aromatic nitrogens is 1. The van der Waals surface area contributed by atoms with Crippen LogP contribution in [0.15, 0.2) is 30.6 Å². The predicted octanol–water partition coefficient (Wildman–Crippen LogP) is 6.56. The fourth-order valence-electron chi connectivity index (χ4n) is 7.67. The Bertz CT molecular complexity index is 751. The lowest BCUT2D eigenvalue weighted by Gasteiger charge is -2.59. The smallest absolute Gasteiger partial charge is 0.264 e. The maximum atomic E-state index is 8.12. The molecular weight excluding hydrogens is 358 g/mol. The van der Waals surface area contributed by atoms with Crippen molar-refractivity contribution in [3.63, 3.8) is 0 Å². The SMILES string of the molecule is CCC[C@@]1(C)[C@H](CC)CC[C@@H]2[C@@H]1CC[C@]1(C)C(c3cccnc3)=CC[C@@H]21.O=C=O. The Morgan fingerprint density at radius 3 is 2.52 bits per heavy atom. The minimum atomic E-state index is 0.250. The largest absolute Gasteiger partial charge is 0.373 e. The number of rotatable bonds is 4. The molecule has 0 aliphatic heterocycles. The molecule has 0 amide bonds. The van der Waals surface area contributed by atoms with E-state index in [1.165, 1.54) is 56.9 Å². The van der Waals surface area contributed by atoms with E-state index >= 15 is 0 Å². The van der Waals surface area contributed by atoms with E-state index in [2.05, 4.69) is 57.1 Å². The van der Waals surface area contributed by atoms with Crippen molar-refractivity contribution < 1.29 is 9.59 Å². The van der Waals surface area contributed by atoms with Crippen LogP contribution >= 0.6 is 0 Å². The normalized spacial score (nSPS) is 38.0. The summed E-state index contributed by atoms with van der Waals surface area (Å²) < 4.78 is 0. The van der Waals surface area contributed by atoms with Gasteiger partial charge in [-0.2, -0.15) is 9.59 Å². The third kappa shape index (κ3) is 3.75. The second kappa shape index (κ2) is 8.96. The standard InChI is InChI=1S/C25H37N.CO2/c1-5-14-24(3)19(6-2)9-10-20-22-12-11-21(18-8-7-16-26-17-18)25(22,4)15-13-23(20)24;2-1-3/h7-8,11,16-17,19-20,22-23H,5-6,9-10,12-15H2,1-4H3;/t19-,20+,22+,23+,24+,25-;/m1./s1. The van der Waals surface area contributed by atoms with E-state index in [1.807, 2.05) is 6.20 Å². The molecule has 1 aromatic heterocycles. The van der Waals surface area contributed by atoms with Crippen molar-refractivity contribution in [2.75, 3.05) is 0 Å². The van der Waals surface area contributed by atoms with Crippen LogP contribution in [0.2, 0.25) is 0 Å². The molecule has 0 spiro atoms. The van der Waals surface area contributed by atoms with Crippen LogP contribution < -0.4 is 0 Å². The van der Waals surface area contributed by atoms with Gasteiger partial charge in [0.15, 0.2) is 0 Å². The Kier molecular flexibility index (Phi) is 6.79. The number of carbonyl (C=O) groups excluding carboxylic acids is 2. The van der Waals surface area contributed by atoms with Crippen molar-refractivity contribution in [1.82, 2.24) is 4.98 Å². The second-order valence-electron chi connectivity index (χ2n) is 9.95. The molecule has 0 aromatic carbocycles. The van der Waals surface area contributed by atoms with Crippen LogP contribution in [-0.2, 0) is 9.59 Å². The minimum absolute atomic E-state index is 0.250. The maximum absolute atomic E-state index is 8.12. The number of hydrogen-bond acceptors (Lipinski definition) is 3. The Balaban J connectivity index is 0.000000755. The van der Waals surface area contributed by atoms with Gasteiger partial charge in [0.05, 0.1) is 0 Å². The molecule has 6 atom stereocenters. The van der Waals surface area contributed by atoms with Gasteiger partial charge in [-0.15, -0.1) is 0 Å². The first kappa shape index (κ1) is 22.0. The van der Waals surface area contributed by atoms with Crippen LogP contribution in [0.3, 0.4) is 0 Å². The Morgan fingerprint density at radius 1 is 1.14 bits per heavy atom. The highest BCUT2D eigenvalue weighted by Crippen LogP contribution is 2.66. The fraction of sp³-hybridized carbons (Fsp3) is 0.692. The molecule has 3 aliphatic rings. The summed E-state index contributed by atoms with van der Waals surface area (Å²) in [6, 6.07) is 4.37. The number of nitrogens with zero attached hydrogens (tertiary/aromatic N) is 1. The Morgan fingerprint density at radius 2 is 1.90 bits per heavy atom. The lowest BCUT2D eigenvalue weighted by Crippen LogP contribution is -2.51. The Labute approximate surface area is 176 Å². The highest BCUT2D eigenvalue weighted by Gasteiger charge is 2.57. The number of pyridine rings is 1. The molecule has 0 unspecified atom stereocenters. The van der Waals surface area contributed by atoms with E-state index in [0.29, 0.717) is 10.8 Å². The molecule has 0 saturated heterocycles. The topological polar surface area (TPSA) is 47.0 Å². The van der Waals surface area contributed by atoms with E-state index in [9.17, 15) is 0 Å². The van der Waals surface area contributed by atoms with E-state index in [0.717, 1.165) is 23.7 Å². The lowest BCUT2D eigenvalue weighted by atomic mass is 9.46. The van der Waals surface area contributed by atoms with Crippen molar-refractivity contribution in [2.24, 2.45) is 34.5 Å². The zero-order chi connectivity index (χ0) is 21.1. The molecule has 0 N–H and O–H groups in total. The second-order valence-corrected chi connectivity index (χ2v) is 9.95. The fourth-order valence-corrected chi connectivity index (χ4v) is 7.67. The third-order valence-electron chi connectivity index (χ3n) is 8.90. The average Bonchev–Trinajstić information content (AvgIpc) is 3.07. The molecular formula is C26H37NO2. The molecule has 158 valence electrons. The van der Waals surface area contributed by atoms with Crippen LogP contribution in [0.1, 0.15) is 84.6 Å². The number of fused-ring (bicyclic) bond motifs is 3. The van der Waals surface area contributed by atoms with Gasteiger partial charge in [-0.05, 0) is 90.2 Å². The highest BCUT2D eigenvalue weighted by atomic mass is 16.2. The van der Waals surface area contributed by atoms with E-state index in [4.69, 9.17) is 9.59 Å². The average molecular weight is 396 g/mol. The summed E-state index contributed by atoms with van der Waals surface area (Å²) in [5.74, 6) is 3.67. The molecule has 4 rings (SSSR count). The molecule has 3 heteroatoms. The van der Waals surface area contributed by atoms with Gasteiger partial charge in [0, 0.05) is 12.4 Å². The first-order valence-corrected chi connectivity index (χ1v) is 11.6. The van der Waals surface area contributed by atoms with Gasteiger partial charge in [-0.1, -0.05) is 52.7 Å². The summed E-state index contributed by atoms with van der Waals surface area (Å²) >= 11 is 0. The summed E-state index contributed by atoms with van der Waals surface area (Å²) in [6.45, 7) is 10.1. The molecule has 1 heterocycles. The molecule has 2 fully saturated rings. The molecule has 0 radical (unpaired) electrons. The van der Waals surface area contributed by atoms with Crippen molar-refractivity contribution in [1.29, 1.82) is 0 Å². The van der Waals surface area contributed by atoms with Crippen LogP contribution in [0.25, 0.3) is 5.57 Å². The van der Waals surface area contributed by atoms with E-state index in [-0.39, 0.29) is 6.15 Å². The van der Waals surface area contributed by atoms with Gasteiger partial charge >= 0.3 is 6.15 Å². The van der Waals surface area contributed by atoms with Gasteiger partial charge in [0.2, 0.25) is 0 Å². The van der Waals surface area contributed by atoms with Gasteiger partial charge in [0.1, 0.15) is 0 Å². The quantitative estimate of drug-likeness (QED) is 0.580. The number of hydrogen-bond donors (Lipinski definition) is 0. The van der Waals surface area contributed by atoms with E-state index < -0.39 is 0 Å². The van der Waals surface area contributed by atoms with Crippen LogP contribution in [-0.4, -0.2) is 11.1 Å². The minimum Gasteiger partial charge on any atom is -0.264 e.